The van der Waals surface area contributed by atoms with E-state index in [2.05, 4.69) is 10.6 Å². The van der Waals surface area contributed by atoms with Gasteiger partial charge < -0.3 is 20.8 Å². The van der Waals surface area contributed by atoms with E-state index in [1.807, 2.05) is 13.8 Å². The minimum absolute atomic E-state index is 0.0665. The summed E-state index contributed by atoms with van der Waals surface area (Å²) in [7, 11) is 0. The van der Waals surface area contributed by atoms with Crippen molar-refractivity contribution in [2.75, 3.05) is 13.1 Å². The molecular formula is C26H52N2O4. The van der Waals surface area contributed by atoms with Crippen molar-refractivity contribution in [3.05, 3.63) is 0 Å². The molecule has 0 spiro atoms. The van der Waals surface area contributed by atoms with Crippen molar-refractivity contribution >= 4 is 11.8 Å². The maximum absolute atomic E-state index is 11.8. The Kier molecular flexibility index (Phi) is 22.2. The van der Waals surface area contributed by atoms with Gasteiger partial charge in [-0.25, -0.2) is 0 Å². The number of rotatable bonds is 23. The van der Waals surface area contributed by atoms with E-state index in [1.54, 1.807) is 0 Å². The molecule has 0 fully saturated rings. The molecular weight excluding hydrogens is 404 g/mol. The topological polar surface area (TPSA) is 98.7 Å². The summed E-state index contributed by atoms with van der Waals surface area (Å²) in [5.74, 6) is 0.133. The molecule has 2 amide bonds. The number of carbonyl (C=O) groups is 2. The van der Waals surface area contributed by atoms with Crippen LogP contribution >= 0.6 is 0 Å². The van der Waals surface area contributed by atoms with Gasteiger partial charge in [0.25, 0.3) is 0 Å². The Hall–Kier alpha value is -1.14. The first-order chi connectivity index (χ1) is 15.5. The smallest absolute Gasteiger partial charge is 0.220 e. The number of nitrogens with one attached hydrogen (secondary N) is 2. The highest BCUT2D eigenvalue weighted by atomic mass is 16.3. The number of hydrogen-bond acceptors (Lipinski definition) is 4. The van der Waals surface area contributed by atoms with Crippen molar-refractivity contribution in [3.8, 4) is 0 Å². The summed E-state index contributed by atoms with van der Waals surface area (Å²) in [6.45, 7) is 5.01. The summed E-state index contributed by atoms with van der Waals surface area (Å²) < 4.78 is 0. The highest BCUT2D eigenvalue weighted by Crippen LogP contribution is 2.12. The van der Waals surface area contributed by atoms with Gasteiger partial charge >= 0.3 is 0 Å². The molecule has 2 atom stereocenters. The van der Waals surface area contributed by atoms with Crippen LogP contribution in [0.2, 0.25) is 0 Å². The lowest BCUT2D eigenvalue weighted by atomic mass is 10.1. The number of hydrogen-bond donors (Lipinski definition) is 4. The first-order valence-corrected chi connectivity index (χ1v) is 13.4. The zero-order chi connectivity index (χ0) is 23.9. The highest BCUT2D eigenvalue weighted by Gasteiger charge is 2.04. The van der Waals surface area contributed by atoms with Crippen molar-refractivity contribution in [2.45, 2.75) is 142 Å². The van der Waals surface area contributed by atoms with E-state index in [0.717, 1.165) is 89.9 Å². The summed E-state index contributed by atoms with van der Waals surface area (Å²) in [5.41, 5.74) is 0. The average Bonchev–Trinajstić information content (AvgIpc) is 2.79. The summed E-state index contributed by atoms with van der Waals surface area (Å²) >= 11 is 0. The summed E-state index contributed by atoms with van der Waals surface area (Å²) in [6.07, 6.45) is 17.4. The molecule has 0 saturated carbocycles. The lowest BCUT2D eigenvalue weighted by Gasteiger charge is -2.08. The van der Waals surface area contributed by atoms with Gasteiger partial charge in [0, 0.05) is 25.9 Å². The lowest BCUT2D eigenvalue weighted by Crippen LogP contribution is -2.34. The quantitative estimate of drug-likeness (QED) is 0.163. The Morgan fingerprint density at radius 2 is 0.875 bits per heavy atom. The average molecular weight is 457 g/mol. The third-order valence-electron chi connectivity index (χ3n) is 6.09. The predicted molar refractivity (Wildman–Crippen MR) is 132 cm³/mol. The molecule has 0 rings (SSSR count). The number of carbonyl (C=O) groups excluding carboxylic acids is 2. The Balaban J connectivity index is 3.35. The molecule has 0 aromatic heterocycles. The summed E-state index contributed by atoms with van der Waals surface area (Å²) in [6, 6.07) is 0. The van der Waals surface area contributed by atoms with Gasteiger partial charge in [-0.3, -0.25) is 9.59 Å². The first-order valence-electron chi connectivity index (χ1n) is 13.4. The fraction of sp³-hybridized carbons (Fsp3) is 0.923. The van der Waals surface area contributed by atoms with Crippen molar-refractivity contribution in [3.63, 3.8) is 0 Å². The Labute approximate surface area is 197 Å². The van der Waals surface area contributed by atoms with Crippen molar-refractivity contribution in [1.29, 1.82) is 0 Å². The minimum Gasteiger partial charge on any atom is -0.393 e. The van der Waals surface area contributed by atoms with Gasteiger partial charge in [-0.05, 0) is 38.5 Å². The fourth-order valence-electron chi connectivity index (χ4n) is 3.73. The van der Waals surface area contributed by atoms with Crippen molar-refractivity contribution < 1.29 is 19.8 Å². The highest BCUT2D eigenvalue weighted by molar-refractivity contribution is 5.77. The second kappa shape index (κ2) is 23.0. The van der Waals surface area contributed by atoms with Gasteiger partial charge in [-0.15, -0.1) is 0 Å². The SMILES string of the molecule is CCC(O)CCCCCCCCC(=O)NCCNC(=O)CCCCCCCCC(O)CC. The first kappa shape index (κ1) is 30.9. The van der Waals surface area contributed by atoms with Gasteiger partial charge in [-0.2, -0.15) is 0 Å². The van der Waals surface area contributed by atoms with Crippen LogP contribution in [0.5, 0.6) is 0 Å². The molecule has 0 aliphatic heterocycles. The number of aliphatic hydroxyl groups excluding tert-OH is 2. The van der Waals surface area contributed by atoms with E-state index in [1.165, 1.54) is 12.8 Å². The molecule has 4 N–H and O–H groups in total. The minimum atomic E-state index is -0.143. The molecule has 190 valence electrons. The number of aliphatic hydroxyl groups is 2. The van der Waals surface area contributed by atoms with Gasteiger partial charge in [0.2, 0.25) is 11.8 Å². The molecule has 0 radical (unpaired) electrons. The lowest BCUT2D eigenvalue weighted by molar-refractivity contribution is -0.123. The van der Waals surface area contributed by atoms with E-state index in [0.29, 0.717) is 25.9 Å². The van der Waals surface area contributed by atoms with Crippen LogP contribution in [-0.4, -0.2) is 47.3 Å². The molecule has 2 unspecified atom stereocenters. The maximum atomic E-state index is 11.8. The fourth-order valence-corrected chi connectivity index (χ4v) is 3.73. The van der Waals surface area contributed by atoms with Crippen LogP contribution in [0.15, 0.2) is 0 Å². The molecule has 0 saturated heterocycles. The van der Waals surface area contributed by atoms with Gasteiger partial charge in [-0.1, -0.05) is 78.1 Å². The zero-order valence-corrected chi connectivity index (χ0v) is 21.0. The predicted octanol–water partition coefficient (Wildman–Crippen LogP) is 5.00. The van der Waals surface area contributed by atoms with Gasteiger partial charge in [0.1, 0.15) is 0 Å². The Morgan fingerprint density at radius 1 is 0.562 bits per heavy atom. The molecule has 0 aliphatic carbocycles. The molecule has 0 aromatic rings. The second-order valence-corrected chi connectivity index (χ2v) is 9.14. The number of unbranched alkanes of at least 4 members (excludes halogenated alkanes) is 10. The molecule has 6 nitrogen and oxygen atoms in total. The van der Waals surface area contributed by atoms with E-state index >= 15 is 0 Å². The second-order valence-electron chi connectivity index (χ2n) is 9.14. The van der Waals surface area contributed by atoms with E-state index in [4.69, 9.17) is 0 Å². The van der Waals surface area contributed by atoms with Crippen LogP contribution in [-0.2, 0) is 9.59 Å². The zero-order valence-electron chi connectivity index (χ0n) is 21.0. The maximum Gasteiger partial charge on any atom is 0.220 e. The van der Waals surface area contributed by atoms with E-state index < -0.39 is 0 Å². The monoisotopic (exact) mass is 456 g/mol. The number of amides is 2. The van der Waals surface area contributed by atoms with Crippen LogP contribution < -0.4 is 10.6 Å². The van der Waals surface area contributed by atoms with E-state index in [-0.39, 0.29) is 24.0 Å². The van der Waals surface area contributed by atoms with Crippen LogP contribution in [0.25, 0.3) is 0 Å². The molecule has 6 heteroatoms. The molecule has 32 heavy (non-hydrogen) atoms. The van der Waals surface area contributed by atoms with Crippen LogP contribution in [0, 0.1) is 0 Å². The summed E-state index contributed by atoms with van der Waals surface area (Å²) in [4.78, 5) is 23.7. The Morgan fingerprint density at radius 3 is 1.22 bits per heavy atom. The van der Waals surface area contributed by atoms with Crippen molar-refractivity contribution in [1.82, 2.24) is 10.6 Å². The van der Waals surface area contributed by atoms with Gasteiger partial charge in [0.15, 0.2) is 0 Å². The normalized spacial score (nSPS) is 13.0. The largest absolute Gasteiger partial charge is 0.393 e. The molecule has 0 aliphatic rings. The van der Waals surface area contributed by atoms with Crippen molar-refractivity contribution in [2.24, 2.45) is 0 Å². The summed E-state index contributed by atoms with van der Waals surface area (Å²) in [5, 5.41) is 24.8. The molecule has 0 aromatic carbocycles. The standard InChI is InChI=1S/C26H52N2O4/c1-3-23(29)17-13-9-5-7-11-15-19-25(31)27-21-22-28-26(32)20-16-12-8-6-10-14-18-24(30)4-2/h23-24,29-30H,3-22H2,1-2H3,(H,27,31)(H,28,32). The molecule has 0 heterocycles. The van der Waals surface area contributed by atoms with Crippen LogP contribution in [0.3, 0.4) is 0 Å². The molecule has 0 bridgehead atoms. The third-order valence-corrected chi connectivity index (χ3v) is 6.09. The van der Waals surface area contributed by atoms with E-state index in [9.17, 15) is 19.8 Å². The Bertz CT molecular complexity index is 406. The van der Waals surface area contributed by atoms with Crippen LogP contribution in [0.4, 0.5) is 0 Å². The van der Waals surface area contributed by atoms with Crippen LogP contribution in [0.1, 0.15) is 129 Å². The van der Waals surface area contributed by atoms with Gasteiger partial charge in [0.05, 0.1) is 12.2 Å². The third kappa shape index (κ3) is 22.1.